The van der Waals surface area contributed by atoms with E-state index in [1.54, 1.807) is 26.0 Å². The van der Waals surface area contributed by atoms with Crippen LogP contribution in [-0.4, -0.2) is 23.7 Å². The number of urea groups is 1. The van der Waals surface area contributed by atoms with Gasteiger partial charge >= 0.3 is 12.0 Å². The maximum atomic E-state index is 12.8. The van der Waals surface area contributed by atoms with Gasteiger partial charge in [-0.15, -0.1) is 0 Å². The summed E-state index contributed by atoms with van der Waals surface area (Å²) in [6.45, 7) is 3.02. The molecule has 0 radical (unpaired) electrons. The molecule has 5 nitrogen and oxygen atoms in total. The number of carbonyl (C=O) groups excluding carboxylic acids is 1. The third-order valence-corrected chi connectivity index (χ3v) is 2.39. The summed E-state index contributed by atoms with van der Waals surface area (Å²) >= 11 is 0. The Morgan fingerprint density at radius 2 is 1.83 bits per heavy atom. The number of carbonyl (C=O) groups is 2. The van der Waals surface area contributed by atoms with Crippen LogP contribution in [0.4, 0.5) is 9.18 Å². The number of aliphatic carboxylic acids is 1. The van der Waals surface area contributed by atoms with E-state index in [0.29, 0.717) is 0 Å². The quantitative estimate of drug-likeness (QED) is 0.760. The summed E-state index contributed by atoms with van der Waals surface area (Å²) in [7, 11) is 0. The number of nitrogens with one attached hydrogen (secondary N) is 2. The van der Waals surface area contributed by atoms with E-state index in [-0.39, 0.29) is 5.82 Å². The van der Waals surface area contributed by atoms with Gasteiger partial charge in [-0.3, -0.25) is 4.79 Å². The molecule has 0 bridgehead atoms. The van der Waals surface area contributed by atoms with Gasteiger partial charge in [0.25, 0.3) is 0 Å². The van der Waals surface area contributed by atoms with Gasteiger partial charge in [-0.1, -0.05) is 12.1 Å². The Morgan fingerprint density at radius 3 is 2.33 bits per heavy atom. The average molecular weight is 254 g/mol. The van der Waals surface area contributed by atoms with Crippen LogP contribution in [0.15, 0.2) is 24.3 Å². The van der Waals surface area contributed by atoms with Gasteiger partial charge in [-0.05, 0) is 31.5 Å². The lowest BCUT2D eigenvalue weighted by atomic mass is 9.94. The highest BCUT2D eigenvalue weighted by atomic mass is 19.1. The lowest BCUT2D eigenvalue weighted by molar-refractivity contribution is -0.135. The number of amides is 2. The largest absolute Gasteiger partial charge is 0.480 e. The first-order valence-corrected chi connectivity index (χ1v) is 5.35. The number of carboxylic acids is 1. The number of hydrogen-bond acceptors (Lipinski definition) is 2. The summed E-state index contributed by atoms with van der Waals surface area (Å²) in [4.78, 5) is 21.7. The van der Waals surface area contributed by atoms with Gasteiger partial charge in [0.05, 0.1) is 5.54 Å². The highest BCUT2D eigenvalue weighted by Gasteiger charge is 2.22. The summed E-state index contributed by atoms with van der Waals surface area (Å²) < 4.78 is 12.8. The molecule has 1 aromatic rings. The van der Waals surface area contributed by atoms with Crippen LogP contribution < -0.4 is 10.6 Å². The van der Waals surface area contributed by atoms with Crippen molar-refractivity contribution in [2.45, 2.75) is 19.4 Å². The Hall–Kier alpha value is -2.11. The molecule has 1 rings (SSSR count). The van der Waals surface area contributed by atoms with Gasteiger partial charge in [0, 0.05) is 0 Å². The van der Waals surface area contributed by atoms with Gasteiger partial charge in [-0.2, -0.15) is 0 Å². The van der Waals surface area contributed by atoms with Crippen LogP contribution in [0.5, 0.6) is 0 Å². The van der Waals surface area contributed by atoms with Crippen molar-refractivity contribution in [3.05, 3.63) is 35.6 Å². The normalized spacial score (nSPS) is 10.8. The summed E-state index contributed by atoms with van der Waals surface area (Å²) in [5.74, 6) is -1.48. The van der Waals surface area contributed by atoms with E-state index in [4.69, 9.17) is 5.11 Å². The van der Waals surface area contributed by atoms with E-state index >= 15 is 0 Å². The molecule has 0 aromatic heterocycles. The van der Waals surface area contributed by atoms with Crippen LogP contribution >= 0.6 is 0 Å². The Kier molecular flexibility index (Phi) is 4.25. The van der Waals surface area contributed by atoms with Crippen molar-refractivity contribution in [3.8, 4) is 0 Å². The SMILES string of the molecule is CC(C)(NC(=O)NCC(=O)O)c1ccc(F)cc1. The van der Waals surface area contributed by atoms with Gasteiger partial charge in [0.1, 0.15) is 12.4 Å². The molecule has 0 aliphatic heterocycles. The van der Waals surface area contributed by atoms with Crippen LogP contribution in [0.2, 0.25) is 0 Å². The summed E-state index contributed by atoms with van der Waals surface area (Å²) in [5.41, 5.74) is -0.00889. The van der Waals surface area contributed by atoms with Crippen LogP contribution in [0, 0.1) is 5.82 Å². The maximum Gasteiger partial charge on any atom is 0.323 e. The van der Waals surface area contributed by atoms with Crippen molar-refractivity contribution >= 4 is 12.0 Å². The van der Waals surface area contributed by atoms with E-state index in [1.165, 1.54) is 12.1 Å². The van der Waals surface area contributed by atoms with Crippen LogP contribution in [-0.2, 0) is 10.3 Å². The van der Waals surface area contributed by atoms with Crippen molar-refractivity contribution in [2.75, 3.05) is 6.54 Å². The fraction of sp³-hybridized carbons (Fsp3) is 0.333. The zero-order valence-corrected chi connectivity index (χ0v) is 10.2. The fourth-order valence-corrected chi connectivity index (χ4v) is 1.42. The first kappa shape index (κ1) is 14.0. The molecule has 3 N–H and O–H groups in total. The minimum atomic E-state index is -1.12. The van der Waals surface area contributed by atoms with Crippen molar-refractivity contribution in [1.82, 2.24) is 10.6 Å². The Balaban J connectivity index is 2.66. The number of rotatable bonds is 4. The van der Waals surface area contributed by atoms with E-state index in [9.17, 15) is 14.0 Å². The fourth-order valence-electron chi connectivity index (χ4n) is 1.42. The molecule has 0 atom stereocenters. The second-order valence-electron chi connectivity index (χ2n) is 4.33. The minimum Gasteiger partial charge on any atom is -0.480 e. The highest BCUT2D eigenvalue weighted by molar-refractivity contribution is 5.80. The third-order valence-electron chi connectivity index (χ3n) is 2.39. The molecular weight excluding hydrogens is 239 g/mol. The standard InChI is InChI=1S/C12H15FN2O3/c1-12(2,8-3-5-9(13)6-4-8)15-11(18)14-7-10(16)17/h3-6H,7H2,1-2H3,(H,16,17)(H2,14,15,18). The molecule has 98 valence electrons. The Labute approximate surface area is 104 Å². The number of carboxylic acid groups (broad SMARTS) is 1. The lowest BCUT2D eigenvalue weighted by Crippen LogP contribution is -2.47. The summed E-state index contributed by atoms with van der Waals surface area (Å²) in [6, 6.07) is 5.13. The second kappa shape index (κ2) is 5.48. The Morgan fingerprint density at radius 1 is 1.28 bits per heavy atom. The van der Waals surface area contributed by atoms with Crippen LogP contribution in [0.25, 0.3) is 0 Å². The molecule has 0 unspecified atom stereocenters. The lowest BCUT2D eigenvalue weighted by Gasteiger charge is -2.26. The molecule has 0 fully saturated rings. The second-order valence-corrected chi connectivity index (χ2v) is 4.33. The monoisotopic (exact) mass is 254 g/mol. The molecule has 0 saturated carbocycles. The highest BCUT2D eigenvalue weighted by Crippen LogP contribution is 2.19. The molecule has 6 heteroatoms. The van der Waals surface area contributed by atoms with Crippen molar-refractivity contribution in [1.29, 1.82) is 0 Å². The molecule has 0 aliphatic carbocycles. The zero-order valence-electron chi connectivity index (χ0n) is 10.2. The van der Waals surface area contributed by atoms with Crippen LogP contribution in [0.3, 0.4) is 0 Å². The molecule has 0 heterocycles. The van der Waals surface area contributed by atoms with E-state index in [1.807, 2.05) is 0 Å². The number of hydrogen-bond donors (Lipinski definition) is 3. The molecule has 2 amide bonds. The van der Waals surface area contributed by atoms with E-state index in [0.717, 1.165) is 5.56 Å². The molecule has 0 saturated heterocycles. The third kappa shape index (κ3) is 4.04. The van der Waals surface area contributed by atoms with Gasteiger partial charge in [0.2, 0.25) is 0 Å². The first-order valence-electron chi connectivity index (χ1n) is 5.35. The van der Waals surface area contributed by atoms with Crippen molar-refractivity contribution in [3.63, 3.8) is 0 Å². The molecule has 18 heavy (non-hydrogen) atoms. The van der Waals surface area contributed by atoms with Gasteiger partial charge in [0.15, 0.2) is 0 Å². The van der Waals surface area contributed by atoms with Crippen molar-refractivity contribution < 1.29 is 19.1 Å². The van der Waals surface area contributed by atoms with Crippen LogP contribution in [0.1, 0.15) is 19.4 Å². The maximum absolute atomic E-state index is 12.8. The molecular formula is C12H15FN2O3. The smallest absolute Gasteiger partial charge is 0.323 e. The molecule has 0 aliphatic rings. The van der Waals surface area contributed by atoms with E-state index in [2.05, 4.69) is 10.6 Å². The van der Waals surface area contributed by atoms with Gasteiger partial charge in [-0.25, -0.2) is 9.18 Å². The summed E-state index contributed by atoms with van der Waals surface area (Å²) in [6.07, 6.45) is 0. The number of benzene rings is 1. The zero-order chi connectivity index (χ0) is 13.8. The topological polar surface area (TPSA) is 78.4 Å². The first-order chi connectivity index (χ1) is 8.31. The predicted octanol–water partition coefficient (Wildman–Crippen LogP) is 1.44. The average Bonchev–Trinajstić information content (AvgIpc) is 2.26. The molecule has 1 aromatic carbocycles. The minimum absolute atomic E-state index is 0.357. The molecule has 0 spiro atoms. The Bertz CT molecular complexity index is 443. The predicted molar refractivity (Wildman–Crippen MR) is 63.6 cm³/mol. The van der Waals surface area contributed by atoms with E-state index < -0.39 is 24.1 Å². The summed E-state index contributed by atoms with van der Waals surface area (Å²) in [5, 5.41) is 13.2. The van der Waals surface area contributed by atoms with Gasteiger partial charge < -0.3 is 15.7 Å². The number of halogens is 1. The van der Waals surface area contributed by atoms with Crippen molar-refractivity contribution in [2.24, 2.45) is 0 Å².